The number of carbonyl (C=O) groups excluding carboxylic acids is 1. The summed E-state index contributed by atoms with van der Waals surface area (Å²) in [6.07, 6.45) is 4.34. The Morgan fingerprint density at radius 2 is 1.80 bits per heavy atom. The van der Waals surface area contributed by atoms with E-state index in [9.17, 15) is 4.79 Å². The number of likely N-dealkylation sites (tertiary alicyclic amines) is 1. The minimum Gasteiger partial charge on any atom is -0.353 e. The standard InChI is InChI=1S/C17H24N2O/c1-13(14-5-3-2-4-6-14)19-11-9-16(10-12-19)18-17(20)15-7-8-15/h2-6,13,15-16H,7-12H2,1H3,(H,18,20). The van der Waals surface area contributed by atoms with Crippen molar-refractivity contribution in [3.63, 3.8) is 0 Å². The molecular formula is C17H24N2O. The summed E-state index contributed by atoms with van der Waals surface area (Å²) in [5.74, 6) is 0.621. The molecule has 2 aliphatic rings. The number of nitrogens with one attached hydrogen (secondary N) is 1. The van der Waals surface area contributed by atoms with Gasteiger partial charge in [-0.25, -0.2) is 0 Å². The van der Waals surface area contributed by atoms with Crippen LogP contribution in [-0.2, 0) is 4.79 Å². The summed E-state index contributed by atoms with van der Waals surface area (Å²) in [5.41, 5.74) is 1.38. The highest BCUT2D eigenvalue weighted by Crippen LogP contribution is 2.30. The molecule has 0 bridgehead atoms. The average Bonchev–Trinajstić information content (AvgIpc) is 3.33. The summed E-state index contributed by atoms with van der Waals surface area (Å²) < 4.78 is 0. The van der Waals surface area contributed by atoms with Crippen LogP contribution in [0.5, 0.6) is 0 Å². The normalized spacial score (nSPS) is 22.4. The Morgan fingerprint density at radius 1 is 1.15 bits per heavy atom. The molecule has 0 radical (unpaired) electrons. The molecule has 1 saturated heterocycles. The molecule has 0 spiro atoms. The van der Waals surface area contributed by atoms with Gasteiger partial charge in [-0.05, 0) is 38.2 Å². The quantitative estimate of drug-likeness (QED) is 0.914. The highest BCUT2D eigenvalue weighted by Gasteiger charge is 2.32. The molecule has 3 nitrogen and oxygen atoms in total. The lowest BCUT2D eigenvalue weighted by Gasteiger charge is -2.36. The van der Waals surface area contributed by atoms with Gasteiger partial charge in [0.05, 0.1) is 0 Å². The lowest BCUT2D eigenvalue weighted by Crippen LogP contribution is -2.45. The number of nitrogens with zero attached hydrogens (tertiary/aromatic N) is 1. The van der Waals surface area contributed by atoms with Crippen molar-refractivity contribution < 1.29 is 4.79 Å². The molecule has 1 heterocycles. The first kappa shape index (κ1) is 13.6. The van der Waals surface area contributed by atoms with Gasteiger partial charge >= 0.3 is 0 Å². The third-order valence-corrected chi connectivity index (χ3v) is 4.65. The Bertz CT molecular complexity index is 447. The molecule has 108 valence electrons. The summed E-state index contributed by atoms with van der Waals surface area (Å²) >= 11 is 0. The molecule has 1 unspecified atom stereocenters. The number of hydrogen-bond donors (Lipinski definition) is 1. The molecule has 2 fully saturated rings. The third kappa shape index (κ3) is 3.21. The van der Waals surface area contributed by atoms with Crippen LogP contribution < -0.4 is 5.32 Å². The number of piperidine rings is 1. The van der Waals surface area contributed by atoms with Gasteiger partial charge in [0.1, 0.15) is 0 Å². The lowest BCUT2D eigenvalue weighted by atomic mass is 10.00. The second kappa shape index (κ2) is 5.96. The minimum absolute atomic E-state index is 0.291. The van der Waals surface area contributed by atoms with Gasteiger partial charge in [0.15, 0.2) is 0 Å². The van der Waals surface area contributed by atoms with Crippen LogP contribution in [0.25, 0.3) is 0 Å². The summed E-state index contributed by atoms with van der Waals surface area (Å²) in [6.45, 7) is 4.43. The Morgan fingerprint density at radius 3 is 2.40 bits per heavy atom. The van der Waals surface area contributed by atoms with Crippen molar-refractivity contribution in [2.75, 3.05) is 13.1 Å². The predicted molar refractivity (Wildman–Crippen MR) is 80.3 cm³/mol. The van der Waals surface area contributed by atoms with E-state index in [0.29, 0.717) is 23.9 Å². The second-order valence-electron chi connectivity index (χ2n) is 6.18. The van der Waals surface area contributed by atoms with E-state index >= 15 is 0 Å². The minimum atomic E-state index is 0.291. The summed E-state index contributed by atoms with van der Waals surface area (Å²) in [4.78, 5) is 14.3. The largest absolute Gasteiger partial charge is 0.353 e. The zero-order chi connectivity index (χ0) is 13.9. The van der Waals surface area contributed by atoms with Crippen molar-refractivity contribution in [2.24, 2.45) is 5.92 Å². The maximum absolute atomic E-state index is 11.8. The zero-order valence-corrected chi connectivity index (χ0v) is 12.2. The van der Waals surface area contributed by atoms with E-state index < -0.39 is 0 Å². The van der Waals surface area contributed by atoms with Gasteiger partial charge < -0.3 is 5.32 Å². The zero-order valence-electron chi connectivity index (χ0n) is 12.2. The molecule has 3 heteroatoms. The monoisotopic (exact) mass is 272 g/mol. The Kier molecular flexibility index (Phi) is 4.06. The number of hydrogen-bond acceptors (Lipinski definition) is 2. The first-order valence-corrected chi connectivity index (χ1v) is 7.83. The fourth-order valence-corrected chi connectivity index (χ4v) is 3.04. The molecule has 1 atom stereocenters. The number of carbonyl (C=O) groups is 1. The van der Waals surface area contributed by atoms with E-state index in [1.54, 1.807) is 0 Å². The molecule has 1 amide bonds. The smallest absolute Gasteiger partial charge is 0.223 e. The van der Waals surface area contributed by atoms with Crippen molar-refractivity contribution in [3.05, 3.63) is 35.9 Å². The SMILES string of the molecule is CC(c1ccccc1)N1CCC(NC(=O)C2CC2)CC1. The lowest BCUT2D eigenvalue weighted by molar-refractivity contribution is -0.123. The van der Waals surface area contributed by atoms with E-state index in [4.69, 9.17) is 0 Å². The van der Waals surface area contributed by atoms with E-state index in [1.165, 1.54) is 5.56 Å². The number of rotatable bonds is 4. The molecule has 0 aromatic heterocycles. The average molecular weight is 272 g/mol. The van der Waals surface area contributed by atoms with Crippen LogP contribution in [0.15, 0.2) is 30.3 Å². The summed E-state index contributed by atoms with van der Waals surface area (Å²) in [6, 6.07) is 11.5. The first-order valence-electron chi connectivity index (χ1n) is 7.83. The van der Waals surface area contributed by atoms with Gasteiger partial charge in [-0.2, -0.15) is 0 Å². The molecule has 1 saturated carbocycles. The van der Waals surface area contributed by atoms with Crippen molar-refractivity contribution in [2.45, 2.75) is 44.7 Å². The molecule has 20 heavy (non-hydrogen) atoms. The molecule has 1 aromatic rings. The van der Waals surface area contributed by atoms with Crippen LogP contribution in [0.2, 0.25) is 0 Å². The Hall–Kier alpha value is -1.35. The topological polar surface area (TPSA) is 32.3 Å². The van der Waals surface area contributed by atoms with Gasteiger partial charge in [0.2, 0.25) is 5.91 Å². The maximum atomic E-state index is 11.8. The number of amides is 1. The van der Waals surface area contributed by atoms with E-state index in [-0.39, 0.29) is 0 Å². The van der Waals surface area contributed by atoms with Gasteiger partial charge in [0, 0.05) is 31.1 Å². The molecule has 1 N–H and O–H groups in total. The molecular weight excluding hydrogens is 248 g/mol. The second-order valence-corrected chi connectivity index (χ2v) is 6.18. The van der Waals surface area contributed by atoms with Gasteiger partial charge in [-0.15, -0.1) is 0 Å². The number of benzene rings is 1. The molecule has 3 rings (SSSR count). The Balaban J connectivity index is 1.49. The predicted octanol–water partition coefficient (Wildman–Crippen LogP) is 2.74. The van der Waals surface area contributed by atoms with E-state index in [0.717, 1.165) is 38.8 Å². The molecule has 1 aliphatic carbocycles. The van der Waals surface area contributed by atoms with Crippen LogP contribution >= 0.6 is 0 Å². The van der Waals surface area contributed by atoms with Gasteiger partial charge in [-0.3, -0.25) is 9.69 Å². The molecule has 1 aliphatic heterocycles. The summed E-state index contributed by atoms with van der Waals surface area (Å²) in [7, 11) is 0. The van der Waals surface area contributed by atoms with Gasteiger partial charge in [-0.1, -0.05) is 30.3 Å². The molecule has 1 aromatic carbocycles. The van der Waals surface area contributed by atoms with Crippen LogP contribution in [0.3, 0.4) is 0 Å². The van der Waals surface area contributed by atoms with Crippen molar-refractivity contribution in [1.29, 1.82) is 0 Å². The van der Waals surface area contributed by atoms with Crippen molar-refractivity contribution >= 4 is 5.91 Å². The highest BCUT2D eigenvalue weighted by molar-refractivity contribution is 5.81. The van der Waals surface area contributed by atoms with Crippen LogP contribution in [0.1, 0.15) is 44.2 Å². The highest BCUT2D eigenvalue weighted by atomic mass is 16.2. The first-order chi connectivity index (χ1) is 9.74. The fraction of sp³-hybridized carbons (Fsp3) is 0.588. The van der Waals surface area contributed by atoms with Crippen molar-refractivity contribution in [1.82, 2.24) is 10.2 Å². The van der Waals surface area contributed by atoms with Gasteiger partial charge in [0.25, 0.3) is 0 Å². The van der Waals surface area contributed by atoms with Crippen molar-refractivity contribution in [3.8, 4) is 0 Å². The fourth-order valence-electron chi connectivity index (χ4n) is 3.04. The van der Waals surface area contributed by atoms with Crippen LogP contribution in [0.4, 0.5) is 0 Å². The van der Waals surface area contributed by atoms with E-state index in [2.05, 4.69) is 47.5 Å². The van der Waals surface area contributed by atoms with E-state index in [1.807, 2.05) is 0 Å². The van der Waals surface area contributed by atoms with Crippen LogP contribution in [0, 0.1) is 5.92 Å². The third-order valence-electron chi connectivity index (χ3n) is 4.65. The maximum Gasteiger partial charge on any atom is 0.223 e. The Labute approximate surface area is 121 Å². The summed E-state index contributed by atoms with van der Waals surface area (Å²) in [5, 5.41) is 3.21. The van der Waals surface area contributed by atoms with Crippen LogP contribution in [-0.4, -0.2) is 29.9 Å².